The molecule has 7 heteroatoms. The van der Waals surface area contributed by atoms with Gasteiger partial charge in [-0.2, -0.15) is 0 Å². The van der Waals surface area contributed by atoms with Gasteiger partial charge in [-0.1, -0.05) is 45.7 Å². The van der Waals surface area contributed by atoms with Crippen LogP contribution in [0.15, 0.2) is 46.9 Å². The molecule has 5 nitrogen and oxygen atoms in total. The van der Waals surface area contributed by atoms with Gasteiger partial charge in [0.05, 0.1) is 0 Å². The molecule has 0 saturated carbocycles. The van der Waals surface area contributed by atoms with Gasteiger partial charge in [-0.15, -0.1) is 0 Å². The molecule has 0 unspecified atom stereocenters. The van der Waals surface area contributed by atoms with Crippen LogP contribution in [0.25, 0.3) is 0 Å². The summed E-state index contributed by atoms with van der Waals surface area (Å²) in [4.78, 5) is 29.5. The van der Waals surface area contributed by atoms with Crippen molar-refractivity contribution in [3.63, 3.8) is 0 Å². The minimum Gasteiger partial charge on any atom is -0.368 e. The number of hydrogen-bond donors (Lipinski definition) is 1. The van der Waals surface area contributed by atoms with Crippen LogP contribution in [0.4, 0.5) is 0 Å². The van der Waals surface area contributed by atoms with E-state index >= 15 is 0 Å². The molecule has 1 heterocycles. The Kier molecular flexibility index (Phi) is 5.15. The molecule has 114 valence electrons. The summed E-state index contributed by atoms with van der Waals surface area (Å²) in [7, 11) is 1.50. The summed E-state index contributed by atoms with van der Waals surface area (Å²) in [6.45, 7) is 0. The summed E-state index contributed by atoms with van der Waals surface area (Å²) in [6.07, 6.45) is 0. The summed E-state index contributed by atoms with van der Waals surface area (Å²) in [6, 6.07) is 10.9. The lowest BCUT2D eigenvalue weighted by Crippen LogP contribution is -2.39. The van der Waals surface area contributed by atoms with E-state index in [1.807, 2.05) is 6.07 Å². The number of rotatable bonds is 4. The van der Waals surface area contributed by atoms with Crippen molar-refractivity contribution in [2.24, 2.45) is 5.73 Å². The number of halogens is 2. The summed E-state index contributed by atoms with van der Waals surface area (Å²) in [5.74, 6) is -1.07. The summed E-state index contributed by atoms with van der Waals surface area (Å²) in [5, 5.41) is 0.206. The number of pyridine rings is 1. The molecule has 0 aliphatic rings. The van der Waals surface area contributed by atoms with Gasteiger partial charge in [0.25, 0.3) is 5.91 Å². The Morgan fingerprint density at radius 3 is 2.55 bits per heavy atom. The standard InChI is InChI=1S/C15H13BrClN3O2/c1-20(15(22)11-6-3-7-12(17)19-11)13(14(18)21)9-4-2-5-10(16)8-9/h2-8,13H,1H3,(H2,18,21)/t13-/m0/s1. The maximum atomic E-state index is 12.5. The van der Waals surface area contributed by atoms with E-state index in [0.717, 1.165) is 4.47 Å². The van der Waals surface area contributed by atoms with Crippen molar-refractivity contribution in [2.45, 2.75) is 6.04 Å². The third-order valence-corrected chi connectivity index (χ3v) is 3.78. The number of nitrogens with two attached hydrogens (primary N) is 1. The average Bonchev–Trinajstić information content (AvgIpc) is 2.46. The van der Waals surface area contributed by atoms with E-state index in [0.29, 0.717) is 5.56 Å². The maximum Gasteiger partial charge on any atom is 0.273 e. The van der Waals surface area contributed by atoms with Crippen molar-refractivity contribution in [3.05, 3.63) is 63.3 Å². The zero-order chi connectivity index (χ0) is 16.3. The highest BCUT2D eigenvalue weighted by Gasteiger charge is 2.28. The summed E-state index contributed by atoms with van der Waals surface area (Å²) < 4.78 is 0.790. The van der Waals surface area contributed by atoms with Crippen LogP contribution in [0.5, 0.6) is 0 Å². The number of carbonyl (C=O) groups excluding carboxylic acids is 2. The highest BCUT2D eigenvalue weighted by Crippen LogP contribution is 2.24. The topological polar surface area (TPSA) is 76.3 Å². The Labute approximate surface area is 141 Å². The Morgan fingerprint density at radius 1 is 1.27 bits per heavy atom. The lowest BCUT2D eigenvalue weighted by atomic mass is 10.0. The van der Waals surface area contributed by atoms with Crippen molar-refractivity contribution < 1.29 is 9.59 Å². The predicted molar refractivity (Wildman–Crippen MR) is 87.4 cm³/mol. The molecule has 0 saturated heterocycles. The SMILES string of the molecule is CN(C(=O)c1cccc(Cl)n1)[C@H](C(N)=O)c1cccc(Br)c1. The van der Waals surface area contributed by atoms with Gasteiger partial charge >= 0.3 is 0 Å². The molecule has 0 aliphatic carbocycles. The molecule has 1 aromatic carbocycles. The van der Waals surface area contributed by atoms with Crippen molar-refractivity contribution in [2.75, 3.05) is 7.05 Å². The van der Waals surface area contributed by atoms with Gasteiger partial charge in [0.2, 0.25) is 5.91 Å². The third kappa shape index (κ3) is 3.64. The molecule has 0 bridgehead atoms. The number of hydrogen-bond acceptors (Lipinski definition) is 3. The Balaban J connectivity index is 2.36. The van der Waals surface area contributed by atoms with E-state index in [1.165, 1.54) is 18.0 Å². The second kappa shape index (κ2) is 6.89. The minimum absolute atomic E-state index is 0.149. The quantitative estimate of drug-likeness (QED) is 0.826. The molecule has 0 radical (unpaired) electrons. The van der Waals surface area contributed by atoms with E-state index in [9.17, 15) is 9.59 Å². The van der Waals surface area contributed by atoms with Crippen LogP contribution in [0.3, 0.4) is 0 Å². The summed E-state index contributed by atoms with van der Waals surface area (Å²) >= 11 is 9.13. The number of benzene rings is 1. The first-order chi connectivity index (χ1) is 10.4. The fraction of sp³-hybridized carbons (Fsp3) is 0.133. The van der Waals surface area contributed by atoms with Crippen LogP contribution in [-0.2, 0) is 4.79 Å². The molecule has 1 aromatic heterocycles. The molecule has 2 amide bonds. The lowest BCUT2D eigenvalue weighted by molar-refractivity contribution is -0.122. The van der Waals surface area contributed by atoms with Crippen LogP contribution in [-0.4, -0.2) is 28.7 Å². The van der Waals surface area contributed by atoms with Crippen LogP contribution in [0.2, 0.25) is 5.15 Å². The number of carbonyl (C=O) groups is 2. The summed E-state index contributed by atoms with van der Waals surface area (Å²) in [5.41, 5.74) is 6.23. The second-order valence-corrected chi connectivity index (χ2v) is 5.92. The van der Waals surface area contributed by atoms with E-state index in [-0.39, 0.29) is 10.8 Å². The van der Waals surface area contributed by atoms with Crippen LogP contribution in [0, 0.1) is 0 Å². The van der Waals surface area contributed by atoms with E-state index < -0.39 is 17.9 Å². The van der Waals surface area contributed by atoms with E-state index in [1.54, 1.807) is 30.3 Å². The molecule has 0 fully saturated rings. The Morgan fingerprint density at radius 2 is 1.95 bits per heavy atom. The van der Waals surface area contributed by atoms with Crippen molar-refractivity contribution in [1.82, 2.24) is 9.88 Å². The Hall–Kier alpha value is -1.92. The molecular formula is C15H13BrClN3O2. The number of aromatic nitrogens is 1. The fourth-order valence-electron chi connectivity index (χ4n) is 2.08. The normalized spacial score (nSPS) is 11.8. The van der Waals surface area contributed by atoms with E-state index in [4.69, 9.17) is 17.3 Å². The molecule has 0 spiro atoms. The zero-order valence-corrected chi connectivity index (χ0v) is 14.0. The second-order valence-electron chi connectivity index (χ2n) is 4.62. The molecule has 2 aromatic rings. The van der Waals surface area contributed by atoms with Crippen molar-refractivity contribution >= 4 is 39.3 Å². The number of nitrogens with zero attached hydrogens (tertiary/aromatic N) is 2. The first kappa shape index (κ1) is 16.5. The van der Waals surface area contributed by atoms with Crippen LogP contribution < -0.4 is 5.73 Å². The van der Waals surface area contributed by atoms with Gasteiger partial charge in [0, 0.05) is 11.5 Å². The maximum absolute atomic E-state index is 12.5. The fourth-order valence-corrected chi connectivity index (χ4v) is 2.66. The molecular weight excluding hydrogens is 370 g/mol. The Bertz CT molecular complexity index is 723. The number of primary amides is 1. The minimum atomic E-state index is -0.897. The smallest absolute Gasteiger partial charge is 0.273 e. The largest absolute Gasteiger partial charge is 0.368 e. The number of amides is 2. The third-order valence-electron chi connectivity index (χ3n) is 3.08. The van der Waals surface area contributed by atoms with Gasteiger partial charge in [-0.3, -0.25) is 9.59 Å². The average molecular weight is 383 g/mol. The van der Waals surface area contributed by atoms with Gasteiger partial charge in [-0.25, -0.2) is 4.98 Å². The van der Waals surface area contributed by atoms with Crippen molar-refractivity contribution in [3.8, 4) is 0 Å². The van der Waals surface area contributed by atoms with E-state index in [2.05, 4.69) is 20.9 Å². The molecule has 2 N–H and O–H groups in total. The zero-order valence-electron chi connectivity index (χ0n) is 11.7. The molecule has 22 heavy (non-hydrogen) atoms. The monoisotopic (exact) mass is 381 g/mol. The molecule has 2 rings (SSSR count). The molecule has 1 atom stereocenters. The first-order valence-electron chi connectivity index (χ1n) is 6.34. The van der Waals surface area contributed by atoms with Gasteiger partial charge in [-0.05, 0) is 29.8 Å². The highest BCUT2D eigenvalue weighted by atomic mass is 79.9. The van der Waals surface area contributed by atoms with Crippen molar-refractivity contribution in [1.29, 1.82) is 0 Å². The predicted octanol–water partition coefficient (Wildman–Crippen LogP) is 2.80. The van der Waals surface area contributed by atoms with Crippen LogP contribution in [0.1, 0.15) is 22.1 Å². The van der Waals surface area contributed by atoms with Crippen LogP contribution >= 0.6 is 27.5 Å². The number of likely N-dealkylation sites (N-methyl/N-ethyl adjacent to an activating group) is 1. The first-order valence-corrected chi connectivity index (χ1v) is 7.51. The molecule has 0 aliphatic heterocycles. The van der Waals surface area contributed by atoms with Gasteiger partial charge in [0.15, 0.2) is 0 Å². The van der Waals surface area contributed by atoms with Gasteiger partial charge < -0.3 is 10.6 Å². The highest BCUT2D eigenvalue weighted by molar-refractivity contribution is 9.10. The van der Waals surface area contributed by atoms with Gasteiger partial charge in [0.1, 0.15) is 16.9 Å². The lowest BCUT2D eigenvalue weighted by Gasteiger charge is -2.26.